The molecule has 0 atom stereocenters. The zero-order valence-electron chi connectivity index (χ0n) is 14.3. The molecule has 5 heteroatoms. The Kier molecular flexibility index (Phi) is 5.33. The van der Waals surface area contributed by atoms with E-state index >= 15 is 0 Å². The molecule has 1 fully saturated rings. The van der Waals surface area contributed by atoms with Crippen LogP contribution < -0.4 is 16.0 Å². The fraction of sp³-hybridized carbons (Fsp3) is 0.300. The first kappa shape index (κ1) is 17.0. The van der Waals surface area contributed by atoms with E-state index in [4.69, 9.17) is 0 Å². The monoisotopic (exact) mass is 337 g/mol. The van der Waals surface area contributed by atoms with Gasteiger partial charge in [0.1, 0.15) is 0 Å². The van der Waals surface area contributed by atoms with Gasteiger partial charge in [0.15, 0.2) is 0 Å². The molecular weight excluding hydrogens is 314 g/mol. The number of carbonyl (C=O) groups is 2. The van der Waals surface area contributed by atoms with Gasteiger partial charge in [0.05, 0.1) is 0 Å². The van der Waals surface area contributed by atoms with Gasteiger partial charge in [-0.3, -0.25) is 4.79 Å². The number of urea groups is 1. The van der Waals surface area contributed by atoms with Crippen LogP contribution in [0.1, 0.15) is 41.6 Å². The minimum absolute atomic E-state index is 0.0532. The van der Waals surface area contributed by atoms with Gasteiger partial charge in [-0.25, -0.2) is 4.79 Å². The summed E-state index contributed by atoms with van der Waals surface area (Å²) >= 11 is 0. The molecule has 3 rings (SSSR count). The normalized spacial score (nSPS) is 14.1. The van der Waals surface area contributed by atoms with Crippen molar-refractivity contribution in [2.45, 2.75) is 38.6 Å². The Morgan fingerprint density at radius 2 is 1.36 bits per heavy atom. The summed E-state index contributed by atoms with van der Waals surface area (Å²) in [5, 5.41) is 8.59. The Balaban J connectivity index is 1.53. The van der Waals surface area contributed by atoms with Crippen molar-refractivity contribution in [2.75, 3.05) is 10.6 Å². The summed E-state index contributed by atoms with van der Waals surface area (Å²) in [6.07, 6.45) is 4.49. The van der Waals surface area contributed by atoms with Crippen molar-refractivity contribution in [3.8, 4) is 0 Å². The Bertz CT molecular complexity index is 733. The van der Waals surface area contributed by atoms with E-state index in [1.165, 1.54) is 12.8 Å². The molecule has 130 valence electrons. The third-order valence-corrected chi connectivity index (χ3v) is 4.40. The number of benzene rings is 2. The molecule has 0 spiro atoms. The fourth-order valence-corrected chi connectivity index (χ4v) is 2.97. The SMILES string of the molecule is Cc1ccc(NC(=O)Nc2ccc(C(=O)NC3CCCC3)cc2)cc1. The quantitative estimate of drug-likeness (QED) is 0.778. The molecule has 3 amide bonds. The van der Waals surface area contributed by atoms with Crippen LogP contribution in [0, 0.1) is 6.92 Å². The summed E-state index contributed by atoms with van der Waals surface area (Å²) in [6, 6.07) is 14.5. The van der Waals surface area contributed by atoms with Crippen LogP contribution in [0.15, 0.2) is 48.5 Å². The lowest BCUT2D eigenvalue weighted by Crippen LogP contribution is -2.32. The number of nitrogens with one attached hydrogen (secondary N) is 3. The van der Waals surface area contributed by atoms with Gasteiger partial charge in [-0.15, -0.1) is 0 Å². The number of hydrogen-bond acceptors (Lipinski definition) is 2. The molecule has 0 bridgehead atoms. The molecule has 0 aliphatic heterocycles. The van der Waals surface area contributed by atoms with Crippen molar-refractivity contribution in [1.29, 1.82) is 0 Å². The Hall–Kier alpha value is -2.82. The van der Waals surface area contributed by atoms with Crippen LogP contribution in [0.4, 0.5) is 16.2 Å². The van der Waals surface area contributed by atoms with Gasteiger partial charge >= 0.3 is 6.03 Å². The van der Waals surface area contributed by atoms with Crippen LogP contribution in [-0.4, -0.2) is 18.0 Å². The van der Waals surface area contributed by atoms with E-state index in [0.717, 1.165) is 24.1 Å². The van der Waals surface area contributed by atoms with Gasteiger partial charge in [-0.1, -0.05) is 30.5 Å². The van der Waals surface area contributed by atoms with E-state index in [2.05, 4.69) is 16.0 Å². The van der Waals surface area contributed by atoms with E-state index in [1.54, 1.807) is 24.3 Å². The molecule has 3 N–H and O–H groups in total. The van der Waals surface area contributed by atoms with E-state index in [-0.39, 0.29) is 11.9 Å². The molecule has 0 unspecified atom stereocenters. The van der Waals surface area contributed by atoms with Crippen LogP contribution >= 0.6 is 0 Å². The van der Waals surface area contributed by atoms with Crippen molar-refractivity contribution in [1.82, 2.24) is 5.32 Å². The molecule has 0 radical (unpaired) electrons. The summed E-state index contributed by atoms with van der Waals surface area (Å²) < 4.78 is 0. The second-order valence-electron chi connectivity index (χ2n) is 6.48. The largest absolute Gasteiger partial charge is 0.349 e. The number of aryl methyl sites for hydroxylation is 1. The maximum absolute atomic E-state index is 12.2. The molecule has 1 saturated carbocycles. The van der Waals surface area contributed by atoms with E-state index in [9.17, 15) is 9.59 Å². The first-order chi connectivity index (χ1) is 12.1. The highest BCUT2D eigenvalue weighted by Crippen LogP contribution is 2.18. The highest BCUT2D eigenvalue weighted by Gasteiger charge is 2.17. The molecule has 2 aromatic carbocycles. The van der Waals surface area contributed by atoms with Crippen molar-refractivity contribution in [3.63, 3.8) is 0 Å². The first-order valence-corrected chi connectivity index (χ1v) is 8.66. The van der Waals surface area contributed by atoms with Crippen molar-refractivity contribution in [3.05, 3.63) is 59.7 Å². The van der Waals surface area contributed by atoms with Crippen LogP contribution in [-0.2, 0) is 0 Å². The zero-order chi connectivity index (χ0) is 17.6. The summed E-state index contributed by atoms with van der Waals surface area (Å²) in [5.74, 6) is -0.0532. The third-order valence-electron chi connectivity index (χ3n) is 4.40. The van der Waals surface area contributed by atoms with E-state index in [1.807, 2.05) is 31.2 Å². The lowest BCUT2D eigenvalue weighted by molar-refractivity contribution is 0.0938. The average Bonchev–Trinajstić information content (AvgIpc) is 3.10. The molecule has 1 aliphatic rings. The molecule has 0 heterocycles. The van der Waals surface area contributed by atoms with Gasteiger partial charge in [-0.05, 0) is 56.2 Å². The van der Waals surface area contributed by atoms with Gasteiger partial charge in [0, 0.05) is 23.0 Å². The summed E-state index contributed by atoms with van der Waals surface area (Å²) in [5.41, 5.74) is 3.12. The van der Waals surface area contributed by atoms with E-state index < -0.39 is 0 Å². The second-order valence-corrected chi connectivity index (χ2v) is 6.48. The average molecular weight is 337 g/mol. The maximum Gasteiger partial charge on any atom is 0.323 e. The van der Waals surface area contributed by atoms with Crippen molar-refractivity contribution >= 4 is 23.3 Å². The summed E-state index contributed by atoms with van der Waals surface area (Å²) in [7, 11) is 0. The molecular formula is C20H23N3O2. The van der Waals surface area contributed by atoms with Crippen LogP contribution in [0.3, 0.4) is 0 Å². The maximum atomic E-state index is 12.2. The minimum Gasteiger partial charge on any atom is -0.349 e. The standard InChI is InChI=1S/C20H23N3O2/c1-14-6-10-17(11-7-14)22-20(25)23-18-12-8-15(9-13-18)19(24)21-16-4-2-3-5-16/h6-13,16H,2-5H2,1H3,(H,21,24)(H2,22,23,25). The molecule has 1 aliphatic carbocycles. The predicted molar refractivity (Wildman–Crippen MR) is 100.0 cm³/mol. The number of anilines is 2. The second kappa shape index (κ2) is 7.83. The lowest BCUT2D eigenvalue weighted by Gasteiger charge is -2.12. The summed E-state index contributed by atoms with van der Waals surface area (Å²) in [6.45, 7) is 1.99. The first-order valence-electron chi connectivity index (χ1n) is 8.66. The summed E-state index contributed by atoms with van der Waals surface area (Å²) in [4.78, 5) is 24.2. The lowest BCUT2D eigenvalue weighted by atomic mass is 10.1. The number of carbonyl (C=O) groups excluding carboxylic acids is 2. The Morgan fingerprint density at radius 1 is 0.840 bits per heavy atom. The number of hydrogen-bond donors (Lipinski definition) is 3. The molecule has 0 saturated heterocycles. The van der Waals surface area contributed by atoms with Crippen molar-refractivity contribution < 1.29 is 9.59 Å². The smallest absolute Gasteiger partial charge is 0.323 e. The topological polar surface area (TPSA) is 70.2 Å². The number of amides is 3. The molecule has 25 heavy (non-hydrogen) atoms. The Labute approximate surface area is 147 Å². The molecule has 5 nitrogen and oxygen atoms in total. The highest BCUT2D eigenvalue weighted by molar-refractivity contribution is 6.00. The van der Waals surface area contributed by atoms with Crippen molar-refractivity contribution in [2.24, 2.45) is 0 Å². The van der Waals surface area contributed by atoms with Gasteiger partial charge in [0.25, 0.3) is 5.91 Å². The van der Waals surface area contributed by atoms with Crippen LogP contribution in [0.25, 0.3) is 0 Å². The Morgan fingerprint density at radius 3 is 1.92 bits per heavy atom. The minimum atomic E-state index is -0.313. The van der Waals surface area contributed by atoms with Crippen LogP contribution in [0.5, 0.6) is 0 Å². The zero-order valence-corrected chi connectivity index (χ0v) is 14.3. The van der Waals surface area contributed by atoms with Crippen LogP contribution in [0.2, 0.25) is 0 Å². The predicted octanol–water partition coefficient (Wildman–Crippen LogP) is 4.31. The highest BCUT2D eigenvalue weighted by atomic mass is 16.2. The third kappa shape index (κ3) is 4.83. The number of rotatable bonds is 4. The van der Waals surface area contributed by atoms with Gasteiger partial charge in [0.2, 0.25) is 0 Å². The van der Waals surface area contributed by atoms with E-state index in [0.29, 0.717) is 17.3 Å². The molecule has 0 aromatic heterocycles. The fourth-order valence-electron chi connectivity index (χ4n) is 2.97. The van der Waals surface area contributed by atoms with Gasteiger partial charge < -0.3 is 16.0 Å². The molecule has 2 aromatic rings. The van der Waals surface area contributed by atoms with Gasteiger partial charge in [-0.2, -0.15) is 0 Å².